The molecule has 1 aliphatic heterocycles. The number of ketones is 1. The minimum absolute atomic E-state index is 0.00417. The Balaban J connectivity index is 1.28. The molecule has 6 rings (SSSR count). The first-order chi connectivity index (χ1) is 21.9. The van der Waals surface area contributed by atoms with Gasteiger partial charge >= 0.3 is 6.09 Å². The van der Waals surface area contributed by atoms with Gasteiger partial charge in [-0.3, -0.25) is 9.78 Å². The quantitative estimate of drug-likeness (QED) is 0.176. The predicted octanol–water partition coefficient (Wildman–Crippen LogP) is 7.41. The third-order valence-corrected chi connectivity index (χ3v) is 8.54. The zero-order valence-electron chi connectivity index (χ0n) is 25.9. The molecule has 12 heteroatoms. The maximum Gasteiger partial charge on any atom is 0.407 e. The molecule has 240 valence electrons. The third kappa shape index (κ3) is 6.84. The van der Waals surface area contributed by atoms with E-state index in [1.54, 1.807) is 24.5 Å². The summed E-state index contributed by atoms with van der Waals surface area (Å²) >= 11 is 6.05. The van der Waals surface area contributed by atoms with Crippen LogP contribution < -0.4 is 15.5 Å². The van der Waals surface area contributed by atoms with Crippen molar-refractivity contribution in [3.8, 4) is 17.0 Å². The third-order valence-electron chi connectivity index (χ3n) is 8.25. The van der Waals surface area contributed by atoms with Gasteiger partial charge in [0.05, 0.1) is 39.4 Å². The van der Waals surface area contributed by atoms with Crippen LogP contribution in [0.1, 0.15) is 63.2 Å². The van der Waals surface area contributed by atoms with Gasteiger partial charge in [0.15, 0.2) is 17.3 Å². The first-order valence-electron chi connectivity index (χ1n) is 15.4. The van der Waals surface area contributed by atoms with Crippen molar-refractivity contribution in [2.75, 3.05) is 23.3 Å². The fourth-order valence-corrected chi connectivity index (χ4v) is 5.92. The number of rotatable bonds is 7. The van der Waals surface area contributed by atoms with Gasteiger partial charge in [-0.25, -0.2) is 19.2 Å². The Kier molecular flexibility index (Phi) is 8.69. The molecule has 3 N–H and O–H groups in total. The van der Waals surface area contributed by atoms with E-state index in [1.165, 1.54) is 6.07 Å². The summed E-state index contributed by atoms with van der Waals surface area (Å²) in [5.41, 5.74) is 2.74. The van der Waals surface area contributed by atoms with Gasteiger partial charge in [0.25, 0.3) is 0 Å². The van der Waals surface area contributed by atoms with Crippen molar-refractivity contribution in [3.05, 3.63) is 65.2 Å². The predicted molar refractivity (Wildman–Crippen MR) is 175 cm³/mol. The number of carbonyl (C=O) groups excluding carboxylic acids is 2. The zero-order chi connectivity index (χ0) is 32.6. The lowest BCUT2D eigenvalue weighted by atomic mass is 9.80. The van der Waals surface area contributed by atoms with Crippen molar-refractivity contribution in [3.63, 3.8) is 0 Å². The number of carbonyl (C=O) groups is 2. The number of amides is 1. The van der Waals surface area contributed by atoms with Crippen LogP contribution in [0.4, 0.5) is 26.4 Å². The highest BCUT2D eigenvalue weighted by molar-refractivity contribution is 6.32. The first kappa shape index (κ1) is 31.5. The molecule has 2 fully saturated rings. The molecule has 4 heterocycles. The number of nitrogens with zero attached hydrogens (tertiary/aromatic N) is 4. The van der Waals surface area contributed by atoms with Crippen LogP contribution in [0.15, 0.2) is 48.8 Å². The van der Waals surface area contributed by atoms with Crippen molar-refractivity contribution in [2.45, 2.75) is 64.5 Å². The van der Waals surface area contributed by atoms with Gasteiger partial charge < -0.3 is 25.4 Å². The molecule has 1 saturated carbocycles. The van der Waals surface area contributed by atoms with E-state index in [9.17, 15) is 19.1 Å². The summed E-state index contributed by atoms with van der Waals surface area (Å²) in [4.78, 5) is 42.0. The Morgan fingerprint density at radius 2 is 1.87 bits per heavy atom. The van der Waals surface area contributed by atoms with Crippen LogP contribution >= 0.6 is 11.6 Å². The molecule has 10 nitrogen and oxygen atoms in total. The lowest BCUT2D eigenvalue weighted by Gasteiger charge is -2.34. The molecule has 3 aromatic heterocycles. The molecule has 0 unspecified atom stereocenters. The second kappa shape index (κ2) is 12.7. The number of pyridine rings is 3. The van der Waals surface area contributed by atoms with Crippen LogP contribution in [0.5, 0.6) is 5.75 Å². The van der Waals surface area contributed by atoms with Gasteiger partial charge in [-0.15, -0.1) is 0 Å². The van der Waals surface area contributed by atoms with Crippen LogP contribution in [0.25, 0.3) is 22.3 Å². The van der Waals surface area contributed by atoms with Gasteiger partial charge in [0.2, 0.25) is 0 Å². The topological polar surface area (TPSA) is 130 Å². The number of ether oxygens (including phenoxy) is 1. The molecule has 0 spiro atoms. The smallest absolute Gasteiger partial charge is 0.407 e. The summed E-state index contributed by atoms with van der Waals surface area (Å²) in [6.07, 6.45) is 7.24. The molecular formula is C34H36ClFN6O4. The molecule has 2 aliphatic rings. The van der Waals surface area contributed by atoms with Gasteiger partial charge in [-0.1, -0.05) is 18.0 Å². The number of piperidine rings is 1. The molecule has 1 aliphatic carbocycles. The van der Waals surface area contributed by atoms with E-state index in [0.29, 0.717) is 45.8 Å². The molecule has 1 amide bonds. The standard InChI is InChI=1S/C34H36ClFN6O4/c1-34(2,3)46-33(45)40-22-8-5-13-42(18-22)28-12-9-21(16-38-28)39-29-23(31(43)19-6-4-7-19)17-37-27-11-10-26(41-30(27)29)20-14-24(35)32(44)25(36)15-20/h9-12,14-17,19,22,44H,4-8,13,18H2,1-3H3,(H,37,39)(H,40,45)/t22-/m0/s1. The molecule has 46 heavy (non-hydrogen) atoms. The number of Topliss-reactive ketones (excluding diaryl/α,β-unsaturated/α-hetero) is 1. The SMILES string of the molecule is CC(C)(C)OC(=O)N[C@H]1CCCN(c2ccc(Nc3c(C(=O)C4CCC4)cnc4ccc(-c5cc(F)c(O)c(Cl)c5)nc34)cn2)C1. The number of benzene rings is 1. The number of hydrogen-bond acceptors (Lipinski definition) is 9. The van der Waals surface area contributed by atoms with E-state index in [1.807, 2.05) is 32.9 Å². The minimum Gasteiger partial charge on any atom is -0.504 e. The Bertz CT molecular complexity index is 1770. The van der Waals surface area contributed by atoms with E-state index in [-0.39, 0.29) is 22.8 Å². The fourth-order valence-electron chi connectivity index (χ4n) is 5.71. The molecule has 1 atom stereocenters. The highest BCUT2D eigenvalue weighted by atomic mass is 35.5. The molecular weight excluding hydrogens is 611 g/mol. The van der Waals surface area contributed by atoms with Crippen LogP contribution in [-0.2, 0) is 4.74 Å². The fraction of sp³-hybridized carbons (Fsp3) is 0.382. The molecule has 0 radical (unpaired) electrons. The highest BCUT2D eigenvalue weighted by Gasteiger charge is 2.30. The summed E-state index contributed by atoms with van der Waals surface area (Å²) in [6.45, 7) is 6.91. The lowest BCUT2D eigenvalue weighted by molar-refractivity contribution is 0.0499. The van der Waals surface area contributed by atoms with Gasteiger partial charge in [0, 0.05) is 36.8 Å². The molecule has 0 bridgehead atoms. The number of phenols is 1. The second-order valence-electron chi connectivity index (χ2n) is 12.9. The number of fused-ring (bicyclic) bond motifs is 1. The Morgan fingerprint density at radius 1 is 1.07 bits per heavy atom. The summed E-state index contributed by atoms with van der Waals surface area (Å²) in [6, 6.07) is 9.76. The highest BCUT2D eigenvalue weighted by Crippen LogP contribution is 2.37. The Hall–Kier alpha value is -4.51. The number of halogens is 2. The molecule has 1 aromatic carbocycles. The van der Waals surface area contributed by atoms with E-state index < -0.39 is 23.3 Å². The summed E-state index contributed by atoms with van der Waals surface area (Å²) in [5.74, 6) is -0.802. The second-order valence-corrected chi connectivity index (χ2v) is 13.3. The number of aromatic hydroxyl groups is 1. The van der Waals surface area contributed by atoms with Crippen LogP contribution in [0.2, 0.25) is 5.02 Å². The zero-order valence-corrected chi connectivity index (χ0v) is 26.7. The number of alkyl carbamates (subject to hydrolysis) is 1. The minimum atomic E-state index is -0.860. The maximum absolute atomic E-state index is 14.3. The van der Waals surface area contributed by atoms with Crippen LogP contribution in [-0.4, -0.2) is 56.7 Å². The van der Waals surface area contributed by atoms with Crippen molar-refractivity contribution in [2.24, 2.45) is 5.92 Å². The Labute approximate surface area is 271 Å². The lowest BCUT2D eigenvalue weighted by Crippen LogP contribution is -2.49. The average Bonchev–Trinajstić information content (AvgIpc) is 2.98. The largest absolute Gasteiger partial charge is 0.504 e. The van der Waals surface area contributed by atoms with Crippen molar-refractivity contribution < 1.29 is 23.8 Å². The van der Waals surface area contributed by atoms with Gasteiger partial charge in [-0.05, 0) is 82.9 Å². The summed E-state index contributed by atoms with van der Waals surface area (Å²) in [7, 11) is 0. The van der Waals surface area contributed by atoms with Crippen molar-refractivity contribution >= 4 is 51.7 Å². The summed E-state index contributed by atoms with van der Waals surface area (Å²) in [5, 5.41) is 16.0. The number of nitrogens with one attached hydrogen (secondary N) is 2. The van der Waals surface area contributed by atoms with Gasteiger partial charge in [0.1, 0.15) is 16.9 Å². The maximum atomic E-state index is 14.3. The number of aromatic nitrogens is 3. The molecule has 1 saturated heterocycles. The molecule has 4 aromatic rings. The average molecular weight is 647 g/mol. The summed E-state index contributed by atoms with van der Waals surface area (Å²) < 4.78 is 19.8. The first-order valence-corrected chi connectivity index (χ1v) is 15.8. The van der Waals surface area contributed by atoms with E-state index in [0.717, 1.165) is 50.5 Å². The number of hydrogen-bond donors (Lipinski definition) is 3. The van der Waals surface area contributed by atoms with Gasteiger partial charge in [-0.2, -0.15) is 0 Å². The number of phenolic OH excluding ortho intramolecular Hbond substituents is 1. The van der Waals surface area contributed by atoms with Crippen LogP contribution in [0.3, 0.4) is 0 Å². The van der Waals surface area contributed by atoms with Crippen LogP contribution in [0, 0.1) is 11.7 Å². The van der Waals surface area contributed by atoms with Crippen molar-refractivity contribution in [1.82, 2.24) is 20.3 Å². The normalized spacial score (nSPS) is 17.0. The van der Waals surface area contributed by atoms with Crippen molar-refractivity contribution in [1.29, 1.82) is 0 Å². The number of anilines is 3. The van der Waals surface area contributed by atoms with E-state index in [4.69, 9.17) is 26.3 Å². The van der Waals surface area contributed by atoms with E-state index >= 15 is 0 Å². The Morgan fingerprint density at radius 3 is 2.54 bits per heavy atom. The van der Waals surface area contributed by atoms with E-state index in [2.05, 4.69) is 20.5 Å². The monoisotopic (exact) mass is 646 g/mol.